The minimum Gasteiger partial charge on any atom is -0.373 e. The maximum Gasteiger partial charge on any atom is 0.352 e. The fourth-order valence-corrected chi connectivity index (χ4v) is 5.21. The van der Waals surface area contributed by atoms with Gasteiger partial charge in [-0.15, -0.1) is 0 Å². The van der Waals surface area contributed by atoms with Crippen LogP contribution in [0.25, 0.3) is 16.7 Å². The molecular formula is C24H30N6O4S. The SMILES string of the molecule is C.C[C@@H]1CN(Cc2cnc3c(c2)c2ncnn2c(=O)n3Cc2ccc(S(C)(=O)=O)cc2)C[C@H](C)O1. The number of nitrogens with zero attached hydrogens (tertiary/aromatic N) is 6. The van der Waals surface area contributed by atoms with Crippen molar-refractivity contribution in [2.45, 2.75) is 51.5 Å². The molecule has 0 bridgehead atoms. The van der Waals surface area contributed by atoms with E-state index in [9.17, 15) is 13.2 Å². The highest BCUT2D eigenvalue weighted by Crippen LogP contribution is 2.20. The Morgan fingerprint density at radius 3 is 2.34 bits per heavy atom. The van der Waals surface area contributed by atoms with Crippen molar-refractivity contribution in [3.8, 4) is 0 Å². The van der Waals surface area contributed by atoms with E-state index >= 15 is 0 Å². The highest BCUT2D eigenvalue weighted by Gasteiger charge is 2.23. The zero-order valence-corrected chi connectivity index (χ0v) is 20.1. The summed E-state index contributed by atoms with van der Waals surface area (Å²) in [6.07, 6.45) is 4.65. The minimum absolute atomic E-state index is 0. The van der Waals surface area contributed by atoms with E-state index in [4.69, 9.17) is 4.74 Å². The first kappa shape index (κ1) is 25.0. The van der Waals surface area contributed by atoms with Crippen molar-refractivity contribution in [3.63, 3.8) is 0 Å². The molecule has 1 aliphatic rings. The van der Waals surface area contributed by atoms with Gasteiger partial charge in [-0.25, -0.2) is 23.2 Å². The zero-order valence-electron chi connectivity index (χ0n) is 19.2. The van der Waals surface area contributed by atoms with Crippen molar-refractivity contribution >= 4 is 26.5 Å². The second-order valence-electron chi connectivity index (χ2n) is 8.95. The van der Waals surface area contributed by atoms with Crippen molar-refractivity contribution in [2.75, 3.05) is 19.3 Å². The Labute approximate surface area is 204 Å². The highest BCUT2D eigenvalue weighted by atomic mass is 32.2. The van der Waals surface area contributed by atoms with Crippen molar-refractivity contribution in [2.24, 2.45) is 0 Å². The fraction of sp³-hybridized carbons (Fsp3) is 0.417. The molecule has 0 unspecified atom stereocenters. The molecule has 1 aliphatic heterocycles. The predicted molar refractivity (Wildman–Crippen MR) is 133 cm³/mol. The number of benzene rings is 1. The molecule has 1 saturated heterocycles. The predicted octanol–water partition coefficient (Wildman–Crippen LogP) is 2.14. The summed E-state index contributed by atoms with van der Waals surface area (Å²) < 4.78 is 32.2. The quantitative estimate of drug-likeness (QED) is 0.411. The molecule has 1 aromatic carbocycles. The fourth-order valence-electron chi connectivity index (χ4n) is 4.58. The van der Waals surface area contributed by atoms with Crippen molar-refractivity contribution in [1.82, 2.24) is 29.0 Å². The van der Waals surface area contributed by atoms with Crippen LogP contribution in [-0.4, -0.2) is 69.0 Å². The van der Waals surface area contributed by atoms with Crippen LogP contribution < -0.4 is 5.69 Å². The summed E-state index contributed by atoms with van der Waals surface area (Å²) in [5.41, 5.74) is 2.40. The van der Waals surface area contributed by atoms with Crippen LogP contribution in [0.3, 0.4) is 0 Å². The van der Waals surface area contributed by atoms with E-state index in [-0.39, 0.29) is 36.8 Å². The van der Waals surface area contributed by atoms with Gasteiger partial charge in [-0.1, -0.05) is 19.6 Å². The Bertz CT molecular complexity index is 1520. The van der Waals surface area contributed by atoms with Crippen molar-refractivity contribution in [3.05, 3.63) is 64.5 Å². The Kier molecular flexibility index (Phi) is 6.76. The average Bonchev–Trinajstić information content (AvgIpc) is 3.26. The van der Waals surface area contributed by atoms with Gasteiger partial charge in [0.2, 0.25) is 0 Å². The largest absolute Gasteiger partial charge is 0.373 e. The van der Waals surface area contributed by atoms with E-state index < -0.39 is 9.84 Å². The van der Waals surface area contributed by atoms with Gasteiger partial charge >= 0.3 is 5.69 Å². The third-order valence-electron chi connectivity index (χ3n) is 5.97. The maximum absolute atomic E-state index is 13.2. The maximum atomic E-state index is 13.2. The lowest BCUT2D eigenvalue weighted by Gasteiger charge is -2.35. The number of rotatable bonds is 5. The number of ether oxygens (including phenoxy) is 1. The molecule has 0 radical (unpaired) electrons. The van der Waals surface area contributed by atoms with Crippen molar-refractivity contribution in [1.29, 1.82) is 0 Å². The van der Waals surface area contributed by atoms with E-state index in [0.717, 1.165) is 29.6 Å². The number of hydrogen-bond donors (Lipinski definition) is 0. The molecule has 5 rings (SSSR count). The molecule has 2 atom stereocenters. The van der Waals surface area contributed by atoms with Gasteiger partial charge in [-0.3, -0.25) is 9.47 Å². The molecule has 35 heavy (non-hydrogen) atoms. The monoisotopic (exact) mass is 498 g/mol. The molecule has 186 valence electrons. The second-order valence-corrected chi connectivity index (χ2v) is 11.0. The summed E-state index contributed by atoms with van der Waals surface area (Å²) in [4.78, 5) is 24.7. The molecule has 1 fully saturated rings. The Hall–Kier alpha value is -3.15. The highest BCUT2D eigenvalue weighted by molar-refractivity contribution is 7.90. The number of sulfone groups is 1. The van der Waals surface area contributed by atoms with E-state index in [1.54, 1.807) is 30.5 Å². The third kappa shape index (κ3) is 4.97. The summed E-state index contributed by atoms with van der Waals surface area (Å²) in [6, 6.07) is 8.51. The molecule has 4 aromatic rings. The molecule has 0 N–H and O–H groups in total. The molecule has 10 nitrogen and oxygen atoms in total. The van der Waals surface area contributed by atoms with E-state index in [0.29, 0.717) is 17.8 Å². The first-order valence-corrected chi connectivity index (χ1v) is 13.0. The Balaban J connectivity index is 0.00000289. The topological polar surface area (TPSA) is 112 Å². The molecule has 11 heteroatoms. The number of fused-ring (bicyclic) bond motifs is 3. The van der Waals surface area contributed by atoms with Crippen LogP contribution in [0.2, 0.25) is 0 Å². The van der Waals surface area contributed by atoms with Gasteiger partial charge in [-0.2, -0.15) is 9.61 Å². The lowest BCUT2D eigenvalue weighted by molar-refractivity contribution is -0.0705. The lowest BCUT2D eigenvalue weighted by Crippen LogP contribution is -2.44. The number of morpholine rings is 1. The first-order chi connectivity index (χ1) is 16.2. The Morgan fingerprint density at radius 2 is 1.69 bits per heavy atom. The van der Waals surface area contributed by atoms with Gasteiger partial charge in [0.15, 0.2) is 15.5 Å². The van der Waals surface area contributed by atoms with Gasteiger partial charge < -0.3 is 4.74 Å². The third-order valence-corrected chi connectivity index (χ3v) is 7.10. The molecule has 0 aliphatic carbocycles. The minimum atomic E-state index is -3.30. The lowest BCUT2D eigenvalue weighted by atomic mass is 10.1. The van der Waals surface area contributed by atoms with Crippen LogP contribution in [0.1, 0.15) is 32.4 Å². The molecule has 0 spiro atoms. The number of hydrogen-bond acceptors (Lipinski definition) is 8. The standard InChI is InChI=1S/C23H26N6O4S.CH4/c1-15-10-27(11-16(2)33-15)12-18-8-20-21(24-9-18)28(23(30)29-22(20)25-14-26-29)13-17-4-6-19(7-5-17)34(3,31)32;/h4-9,14-16H,10-13H2,1-3H3;1H4/t15-,16+;. The van der Waals surface area contributed by atoms with E-state index in [1.807, 2.05) is 6.07 Å². The van der Waals surface area contributed by atoms with Gasteiger partial charge in [0.25, 0.3) is 0 Å². The van der Waals surface area contributed by atoms with Gasteiger partial charge in [0.05, 0.1) is 29.0 Å². The van der Waals surface area contributed by atoms with Gasteiger partial charge in [0, 0.05) is 32.1 Å². The number of aromatic nitrogens is 5. The average molecular weight is 499 g/mol. The summed E-state index contributed by atoms with van der Waals surface area (Å²) >= 11 is 0. The van der Waals surface area contributed by atoms with E-state index in [2.05, 4.69) is 33.8 Å². The first-order valence-electron chi connectivity index (χ1n) is 11.1. The molecule has 3 aromatic heterocycles. The van der Waals surface area contributed by atoms with Crippen molar-refractivity contribution < 1.29 is 13.2 Å². The summed E-state index contributed by atoms with van der Waals surface area (Å²) in [5.74, 6) is 0. The van der Waals surface area contributed by atoms with Gasteiger partial charge in [-0.05, 0) is 43.2 Å². The van der Waals surface area contributed by atoms with E-state index in [1.165, 1.54) is 21.7 Å². The van der Waals surface area contributed by atoms with Crippen LogP contribution in [0, 0.1) is 0 Å². The summed E-state index contributed by atoms with van der Waals surface area (Å²) in [5, 5.41) is 4.85. The molecular weight excluding hydrogens is 468 g/mol. The second kappa shape index (κ2) is 9.48. The van der Waals surface area contributed by atoms with Crippen LogP contribution in [-0.2, 0) is 27.7 Å². The summed E-state index contributed by atoms with van der Waals surface area (Å²) in [7, 11) is -3.30. The van der Waals surface area contributed by atoms with Crippen LogP contribution in [0.15, 0.2) is 52.5 Å². The Morgan fingerprint density at radius 1 is 1.00 bits per heavy atom. The van der Waals surface area contributed by atoms with Crippen LogP contribution in [0.5, 0.6) is 0 Å². The number of pyridine rings is 1. The van der Waals surface area contributed by atoms with Gasteiger partial charge in [0.1, 0.15) is 12.0 Å². The normalized spacial score (nSPS) is 19.2. The molecule has 4 heterocycles. The van der Waals surface area contributed by atoms with Crippen LogP contribution in [0.4, 0.5) is 0 Å². The zero-order chi connectivity index (χ0) is 24.0. The molecule has 0 amide bonds. The molecule has 0 saturated carbocycles. The van der Waals surface area contributed by atoms with Crippen LogP contribution >= 0.6 is 0 Å². The smallest absolute Gasteiger partial charge is 0.352 e. The summed E-state index contributed by atoms with van der Waals surface area (Å²) in [6.45, 7) is 6.76.